The van der Waals surface area contributed by atoms with Gasteiger partial charge in [0.05, 0.1) is 22.7 Å². The molecular formula is C23H25N5O3S. The highest BCUT2D eigenvalue weighted by atomic mass is 32.2. The first-order valence-corrected chi connectivity index (χ1v) is 11.7. The molecule has 5 N–H and O–H groups in total. The molecule has 0 bridgehead atoms. The molecule has 4 rings (SSSR count). The molecule has 0 fully saturated rings. The summed E-state index contributed by atoms with van der Waals surface area (Å²) in [4.78, 5) is 15.4. The number of nitrogens with one attached hydrogen (secondary N) is 3. The van der Waals surface area contributed by atoms with Gasteiger partial charge in [-0.15, -0.1) is 0 Å². The Balaban J connectivity index is 1.48. The van der Waals surface area contributed by atoms with Gasteiger partial charge in [0.1, 0.15) is 0 Å². The van der Waals surface area contributed by atoms with Crippen molar-refractivity contribution < 1.29 is 8.42 Å². The van der Waals surface area contributed by atoms with E-state index in [1.807, 2.05) is 48.5 Å². The molecule has 8 nitrogen and oxygen atoms in total. The van der Waals surface area contributed by atoms with E-state index in [0.717, 1.165) is 22.4 Å². The summed E-state index contributed by atoms with van der Waals surface area (Å²) in [5, 5.41) is 10.5. The minimum atomic E-state index is -3.69. The molecular weight excluding hydrogens is 426 g/mol. The predicted molar refractivity (Wildman–Crippen MR) is 125 cm³/mol. The summed E-state index contributed by atoms with van der Waals surface area (Å²) >= 11 is 0. The summed E-state index contributed by atoms with van der Waals surface area (Å²) in [6, 6.07) is 16.4. The van der Waals surface area contributed by atoms with Crippen LogP contribution in [0.15, 0.2) is 76.7 Å². The minimum absolute atomic E-state index is 0.0990. The highest BCUT2D eigenvalue weighted by Gasteiger charge is 2.20. The second-order valence-corrected chi connectivity index (χ2v) is 9.28. The molecule has 1 aromatic heterocycles. The lowest BCUT2D eigenvalue weighted by atomic mass is 10.0. The molecule has 2 aromatic carbocycles. The highest BCUT2D eigenvalue weighted by molar-refractivity contribution is 7.89. The van der Waals surface area contributed by atoms with Crippen LogP contribution in [0.25, 0.3) is 5.70 Å². The molecule has 0 spiro atoms. The van der Waals surface area contributed by atoms with E-state index < -0.39 is 10.0 Å². The number of primary sulfonamides is 1. The van der Waals surface area contributed by atoms with Crippen LogP contribution in [0.5, 0.6) is 0 Å². The van der Waals surface area contributed by atoms with Crippen LogP contribution < -0.4 is 21.4 Å². The Labute approximate surface area is 186 Å². The summed E-state index contributed by atoms with van der Waals surface area (Å²) in [6.07, 6.45) is 4.24. The lowest BCUT2D eigenvalue weighted by Crippen LogP contribution is -2.38. The van der Waals surface area contributed by atoms with Crippen molar-refractivity contribution in [2.24, 2.45) is 5.14 Å². The van der Waals surface area contributed by atoms with Crippen molar-refractivity contribution in [1.82, 2.24) is 15.4 Å². The van der Waals surface area contributed by atoms with E-state index in [0.29, 0.717) is 30.8 Å². The van der Waals surface area contributed by atoms with E-state index in [2.05, 4.69) is 15.7 Å². The number of aromatic amines is 1. The second kappa shape index (κ2) is 8.99. The quantitative estimate of drug-likeness (QED) is 0.438. The first kappa shape index (κ1) is 21.8. The van der Waals surface area contributed by atoms with Crippen LogP contribution in [0.3, 0.4) is 0 Å². The average Bonchev–Trinajstić information content (AvgIpc) is 2.73. The summed E-state index contributed by atoms with van der Waals surface area (Å²) < 4.78 is 22.8. The number of fused-ring (bicyclic) bond motifs is 1. The molecule has 32 heavy (non-hydrogen) atoms. The first-order valence-electron chi connectivity index (χ1n) is 10.2. The molecule has 0 aliphatic carbocycles. The van der Waals surface area contributed by atoms with E-state index in [1.54, 1.807) is 18.3 Å². The lowest BCUT2D eigenvalue weighted by Gasteiger charge is -2.29. The van der Waals surface area contributed by atoms with Gasteiger partial charge in [-0.25, -0.2) is 19.0 Å². The minimum Gasteiger partial charge on any atom is -0.354 e. The van der Waals surface area contributed by atoms with Gasteiger partial charge in [0, 0.05) is 24.6 Å². The van der Waals surface area contributed by atoms with E-state index in [-0.39, 0.29) is 10.5 Å². The van der Waals surface area contributed by atoms with Gasteiger partial charge in [-0.05, 0) is 60.4 Å². The number of benzene rings is 2. The van der Waals surface area contributed by atoms with Crippen molar-refractivity contribution in [3.8, 4) is 0 Å². The maximum Gasteiger partial charge on any atom is 0.257 e. The molecule has 166 valence electrons. The van der Waals surface area contributed by atoms with E-state index in [1.165, 1.54) is 12.1 Å². The average molecular weight is 452 g/mol. The zero-order valence-corrected chi connectivity index (χ0v) is 18.4. The number of anilines is 1. The number of hydrazine groups is 1. The van der Waals surface area contributed by atoms with Crippen LogP contribution in [-0.2, 0) is 23.0 Å². The fourth-order valence-electron chi connectivity index (χ4n) is 3.66. The van der Waals surface area contributed by atoms with Gasteiger partial charge >= 0.3 is 0 Å². The third-order valence-corrected chi connectivity index (χ3v) is 6.15. The third-order valence-electron chi connectivity index (χ3n) is 5.22. The number of hydrogen-bond donors (Lipinski definition) is 4. The number of aromatic nitrogens is 1. The number of rotatable bonds is 7. The Morgan fingerprint density at radius 2 is 1.91 bits per heavy atom. The van der Waals surface area contributed by atoms with Crippen molar-refractivity contribution in [1.29, 1.82) is 0 Å². The molecule has 0 saturated heterocycles. The van der Waals surface area contributed by atoms with Crippen LogP contribution in [0, 0.1) is 6.92 Å². The topological polar surface area (TPSA) is 120 Å². The van der Waals surface area contributed by atoms with E-state index >= 15 is 0 Å². The lowest BCUT2D eigenvalue weighted by molar-refractivity contribution is 0.261. The second-order valence-electron chi connectivity index (χ2n) is 7.72. The van der Waals surface area contributed by atoms with Crippen LogP contribution >= 0.6 is 0 Å². The molecule has 2 heterocycles. The summed E-state index contributed by atoms with van der Waals surface area (Å²) in [5.41, 5.74) is 8.50. The summed E-state index contributed by atoms with van der Waals surface area (Å²) in [6.45, 7) is 3.19. The van der Waals surface area contributed by atoms with Crippen molar-refractivity contribution in [3.63, 3.8) is 0 Å². The van der Waals surface area contributed by atoms with Crippen molar-refractivity contribution in [2.75, 3.05) is 11.9 Å². The van der Waals surface area contributed by atoms with Crippen LogP contribution in [0.4, 0.5) is 5.69 Å². The van der Waals surface area contributed by atoms with E-state index in [9.17, 15) is 13.2 Å². The van der Waals surface area contributed by atoms with Gasteiger partial charge in [-0.2, -0.15) is 0 Å². The Morgan fingerprint density at radius 1 is 1.12 bits per heavy atom. The van der Waals surface area contributed by atoms with E-state index in [4.69, 9.17) is 5.14 Å². The largest absolute Gasteiger partial charge is 0.354 e. The summed E-state index contributed by atoms with van der Waals surface area (Å²) in [7, 11) is -3.69. The Hall–Kier alpha value is -3.40. The zero-order chi connectivity index (χ0) is 22.7. The number of pyridine rings is 1. The molecule has 1 aliphatic heterocycles. The zero-order valence-electron chi connectivity index (χ0n) is 17.6. The van der Waals surface area contributed by atoms with Gasteiger partial charge < -0.3 is 15.3 Å². The Kier molecular flexibility index (Phi) is 6.13. The van der Waals surface area contributed by atoms with Gasteiger partial charge in [0.2, 0.25) is 10.0 Å². The molecule has 0 unspecified atom stereocenters. The number of hydrogen-bond acceptors (Lipinski definition) is 6. The molecule has 0 atom stereocenters. The van der Waals surface area contributed by atoms with Crippen LogP contribution in [0.2, 0.25) is 0 Å². The molecule has 9 heteroatoms. The highest BCUT2D eigenvalue weighted by Crippen LogP contribution is 2.25. The van der Waals surface area contributed by atoms with Gasteiger partial charge in [-0.1, -0.05) is 24.3 Å². The SMILES string of the molecule is Cc1cccc(NC2=CN(NCCc3ccc(S(N)(=O)=O)cc3)Cc3cc[nH]c(=O)c32)c1. The van der Waals surface area contributed by atoms with Crippen LogP contribution in [-0.4, -0.2) is 25.0 Å². The van der Waals surface area contributed by atoms with Gasteiger partial charge in [-0.3, -0.25) is 4.79 Å². The number of nitrogens with two attached hydrogens (primary N) is 1. The molecule has 0 amide bonds. The normalized spacial score (nSPS) is 13.4. The summed E-state index contributed by atoms with van der Waals surface area (Å²) in [5.74, 6) is 0. The third kappa shape index (κ3) is 5.08. The Morgan fingerprint density at radius 3 is 2.62 bits per heavy atom. The number of nitrogens with zero attached hydrogens (tertiary/aromatic N) is 1. The van der Waals surface area contributed by atoms with Crippen molar-refractivity contribution in [3.05, 3.63) is 99.6 Å². The molecule has 0 radical (unpaired) electrons. The fraction of sp³-hybridized carbons (Fsp3) is 0.174. The fourth-order valence-corrected chi connectivity index (χ4v) is 4.18. The molecule has 0 saturated carbocycles. The maximum atomic E-state index is 12.5. The maximum absolute atomic E-state index is 12.5. The van der Waals surface area contributed by atoms with Crippen molar-refractivity contribution in [2.45, 2.75) is 24.8 Å². The molecule has 1 aliphatic rings. The predicted octanol–water partition coefficient (Wildman–Crippen LogP) is 2.30. The number of H-pyrrole nitrogens is 1. The molecule has 3 aromatic rings. The van der Waals surface area contributed by atoms with Crippen molar-refractivity contribution >= 4 is 21.4 Å². The van der Waals surface area contributed by atoms with Gasteiger partial charge in [0.15, 0.2) is 0 Å². The monoisotopic (exact) mass is 451 g/mol. The standard InChI is InChI=1S/C23H25N5O3S/c1-16-3-2-4-19(13-16)27-21-15-28(14-18-10-11-25-23(29)22(18)21)26-12-9-17-5-7-20(8-6-17)32(24,30)31/h2-8,10-11,13,15,26-27H,9,12,14H2,1H3,(H,25,29)(H2,24,30,31). The number of sulfonamides is 1. The first-order chi connectivity index (χ1) is 15.3. The smallest absolute Gasteiger partial charge is 0.257 e. The Bertz CT molecular complexity index is 1310. The van der Waals surface area contributed by atoms with Crippen LogP contribution in [0.1, 0.15) is 22.3 Å². The van der Waals surface area contributed by atoms with Gasteiger partial charge in [0.25, 0.3) is 5.56 Å². The number of aryl methyl sites for hydroxylation is 1.